The standard InChI is InChI=1S/C12H24N2/c1-14-9-3-2-4-12(14)10-11-5-7-13-8-6-11/h11-13H,2-10H2,1H3. The highest BCUT2D eigenvalue weighted by molar-refractivity contribution is 4.79. The number of rotatable bonds is 2. The summed E-state index contributed by atoms with van der Waals surface area (Å²) in [4.78, 5) is 2.59. The van der Waals surface area contributed by atoms with Crippen molar-refractivity contribution in [3.63, 3.8) is 0 Å². The number of piperidine rings is 2. The molecule has 2 aliphatic rings. The molecule has 0 amide bonds. The Hall–Kier alpha value is -0.0800. The molecule has 0 aliphatic carbocycles. The molecule has 2 fully saturated rings. The molecule has 2 heteroatoms. The maximum absolute atomic E-state index is 3.45. The van der Waals surface area contributed by atoms with Gasteiger partial charge in [-0.15, -0.1) is 0 Å². The molecule has 14 heavy (non-hydrogen) atoms. The Balaban J connectivity index is 1.76. The van der Waals surface area contributed by atoms with Gasteiger partial charge in [-0.2, -0.15) is 0 Å². The first-order valence-electron chi connectivity index (χ1n) is 6.27. The maximum atomic E-state index is 3.45. The second kappa shape index (κ2) is 5.13. The van der Waals surface area contributed by atoms with Crippen molar-refractivity contribution >= 4 is 0 Å². The monoisotopic (exact) mass is 196 g/mol. The topological polar surface area (TPSA) is 15.3 Å². The molecule has 0 aromatic rings. The molecule has 2 rings (SSSR count). The highest BCUT2D eigenvalue weighted by Crippen LogP contribution is 2.25. The summed E-state index contributed by atoms with van der Waals surface area (Å²) in [5, 5.41) is 3.45. The third kappa shape index (κ3) is 2.71. The fourth-order valence-corrected chi connectivity index (χ4v) is 2.94. The molecule has 0 aromatic heterocycles. The van der Waals surface area contributed by atoms with Crippen LogP contribution in [-0.2, 0) is 0 Å². The van der Waals surface area contributed by atoms with E-state index in [4.69, 9.17) is 0 Å². The van der Waals surface area contributed by atoms with Crippen LogP contribution in [0.15, 0.2) is 0 Å². The molecule has 0 bridgehead atoms. The Morgan fingerprint density at radius 2 is 1.93 bits per heavy atom. The van der Waals surface area contributed by atoms with E-state index in [1.165, 1.54) is 58.2 Å². The van der Waals surface area contributed by atoms with Gasteiger partial charge in [0.2, 0.25) is 0 Å². The summed E-state index contributed by atoms with van der Waals surface area (Å²) in [5.74, 6) is 1.00. The summed E-state index contributed by atoms with van der Waals surface area (Å²) in [7, 11) is 2.31. The van der Waals surface area contributed by atoms with Crippen molar-refractivity contribution in [3.05, 3.63) is 0 Å². The van der Waals surface area contributed by atoms with Crippen molar-refractivity contribution in [2.75, 3.05) is 26.7 Å². The van der Waals surface area contributed by atoms with Gasteiger partial charge >= 0.3 is 0 Å². The Bertz CT molecular complexity index is 164. The molecule has 2 nitrogen and oxygen atoms in total. The van der Waals surface area contributed by atoms with Gasteiger partial charge in [0, 0.05) is 6.04 Å². The normalized spacial score (nSPS) is 31.9. The van der Waals surface area contributed by atoms with Crippen LogP contribution in [0.2, 0.25) is 0 Å². The predicted molar refractivity (Wildman–Crippen MR) is 60.5 cm³/mol. The van der Waals surface area contributed by atoms with E-state index in [1.54, 1.807) is 0 Å². The number of likely N-dealkylation sites (tertiary alicyclic amines) is 1. The molecule has 1 unspecified atom stereocenters. The van der Waals surface area contributed by atoms with Gasteiger partial charge in [-0.1, -0.05) is 6.42 Å². The van der Waals surface area contributed by atoms with Crippen LogP contribution < -0.4 is 5.32 Å². The minimum atomic E-state index is 0.895. The first kappa shape index (κ1) is 10.4. The fraction of sp³-hybridized carbons (Fsp3) is 1.00. The average molecular weight is 196 g/mol. The second-order valence-corrected chi connectivity index (χ2v) is 5.06. The summed E-state index contributed by atoms with van der Waals surface area (Å²) in [6, 6.07) is 0.895. The van der Waals surface area contributed by atoms with Gasteiger partial charge in [0.25, 0.3) is 0 Å². The van der Waals surface area contributed by atoms with Crippen LogP contribution in [0.1, 0.15) is 38.5 Å². The highest BCUT2D eigenvalue weighted by atomic mass is 15.1. The predicted octanol–water partition coefficient (Wildman–Crippen LogP) is 1.86. The molecule has 0 aromatic carbocycles. The van der Waals surface area contributed by atoms with E-state index in [2.05, 4.69) is 17.3 Å². The Morgan fingerprint density at radius 3 is 2.64 bits per heavy atom. The summed E-state index contributed by atoms with van der Waals surface area (Å²) in [5.41, 5.74) is 0. The zero-order valence-electron chi connectivity index (χ0n) is 9.47. The molecular formula is C12H24N2. The van der Waals surface area contributed by atoms with Gasteiger partial charge in [-0.25, -0.2) is 0 Å². The lowest BCUT2D eigenvalue weighted by Crippen LogP contribution is -2.39. The van der Waals surface area contributed by atoms with E-state index < -0.39 is 0 Å². The quantitative estimate of drug-likeness (QED) is 0.725. The summed E-state index contributed by atoms with van der Waals surface area (Å²) >= 11 is 0. The van der Waals surface area contributed by atoms with Gasteiger partial charge < -0.3 is 10.2 Å². The van der Waals surface area contributed by atoms with Gasteiger partial charge in [-0.3, -0.25) is 0 Å². The van der Waals surface area contributed by atoms with Gasteiger partial charge in [0.05, 0.1) is 0 Å². The number of hydrogen-bond donors (Lipinski definition) is 1. The summed E-state index contributed by atoms with van der Waals surface area (Å²) in [6.45, 7) is 3.83. The van der Waals surface area contributed by atoms with Gasteiger partial charge in [0.15, 0.2) is 0 Å². The molecule has 0 saturated carbocycles. The average Bonchev–Trinajstić information content (AvgIpc) is 2.23. The lowest BCUT2D eigenvalue weighted by molar-refractivity contribution is 0.147. The van der Waals surface area contributed by atoms with E-state index in [1.807, 2.05) is 0 Å². The number of nitrogens with one attached hydrogen (secondary N) is 1. The van der Waals surface area contributed by atoms with Crippen LogP contribution in [0.5, 0.6) is 0 Å². The minimum Gasteiger partial charge on any atom is -0.317 e. The molecule has 0 radical (unpaired) electrons. The lowest BCUT2D eigenvalue weighted by atomic mass is 9.87. The first-order chi connectivity index (χ1) is 6.86. The molecule has 2 heterocycles. The second-order valence-electron chi connectivity index (χ2n) is 5.06. The van der Waals surface area contributed by atoms with E-state index in [0.717, 1.165) is 12.0 Å². The first-order valence-corrected chi connectivity index (χ1v) is 6.27. The van der Waals surface area contributed by atoms with Crippen LogP contribution in [0, 0.1) is 5.92 Å². The lowest BCUT2D eigenvalue weighted by Gasteiger charge is -2.36. The molecule has 1 atom stereocenters. The van der Waals surface area contributed by atoms with Crippen LogP contribution >= 0.6 is 0 Å². The van der Waals surface area contributed by atoms with Crippen LogP contribution in [0.4, 0.5) is 0 Å². The van der Waals surface area contributed by atoms with Crippen molar-refractivity contribution in [3.8, 4) is 0 Å². The van der Waals surface area contributed by atoms with Crippen LogP contribution in [0.25, 0.3) is 0 Å². The minimum absolute atomic E-state index is 0.895. The Morgan fingerprint density at radius 1 is 1.14 bits per heavy atom. The molecule has 82 valence electrons. The van der Waals surface area contributed by atoms with Gasteiger partial charge in [-0.05, 0) is 64.7 Å². The Labute approximate surface area is 88.1 Å². The zero-order valence-corrected chi connectivity index (χ0v) is 9.47. The van der Waals surface area contributed by atoms with Crippen molar-refractivity contribution in [1.29, 1.82) is 0 Å². The molecular weight excluding hydrogens is 172 g/mol. The summed E-state index contributed by atoms with van der Waals surface area (Å²) in [6.07, 6.45) is 8.59. The highest BCUT2D eigenvalue weighted by Gasteiger charge is 2.23. The van der Waals surface area contributed by atoms with Crippen LogP contribution in [-0.4, -0.2) is 37.6 Å². The van der Waals surface area contributed by atoms with Gasteiger partial charge in [0.1, 0.15) is 0 Å². The Kier molecular flexibility index (Phi) is 3.82. The van der Waals surface area contributed by atoms with E-state index in [0.29, 0.717) is 0 Å². The van der Waals surface area contributed by atoms with Crippen molar-refractivity contribution < 1.29 is 0 Å². The SMILES string of the molecule is CN1CCCCC1CC1CCNCC1. The fourth-order valence-electron chi connectivity index (χ4n) is 2.94. The van der Waals surface area contributed by atoms with E-state index in [9.17, 15) is 0 Å². The smallest absolute Gasteiger partial charge is 0.00948 e. The third-order valence-electron chi connectivity index (χ3n) is 3.99. The van der Waals surface area contributed by atoms with Crippen molar-refractivity contribution in [2.24, 2.45) is 5.92 Å². The number of hydrogen-bond acceptors (Lipinski definition) is 2. The van der Waals surface area contributed by atoms with Crippen LogP contribution in [0.3, 0.4) is 0 Å². The van der Waals surface area contributed by atoms with Crippen molar-refractivity contribution in [2.45, 2.75) is 44.6 Å². The maximum Gasteiger partial charge on any atom is 0.00948 e. The number of nitrogens with zero attached hydrogens (tertiary/aromatic N) is 1. The molecule has 1 N–H and O–H groups in total. The van der Waals surface area contributed by atoms with E-state index >= 15 is 0 Å². The molecule has 0 spiro atoms. The van der Waals surface area contributed by atoms with Crippen molar-refractivity contribution in [1.82, 2.24) is 10.2 Å². The third-order valence-corrected chi connectivity index (χ3v) is 3.99. The van der Waals surface area contributed by atoms with E-state index in [-0.39, 0.29) is 0 Å². The largest absolute Gasteiger partial charge is 0.317 e. The zero-order chi connectivity index (χ0) is 9.80. The molecule has 2 saturated heterocycles. The summed E-state index contributed by atoms with van der Waals surface area (Å²) < 4.78 is 0. The molecule has 2 aliphatic heterocycles.